The van der Waals surface area contributed by atoms with Crippen molar-refractivity contribution in [3.05, 3.63) is 164 Å². The van der Waals surface area contributed by atoms with Gasteiger partial charge < -0.3 is 8.97 Å². The molecule has 0 atom stereocenters. The molecule has 0 spiro atoms. The van der Waals surface area contributed by atoms with Crippen LogP contribution >= 0.6 is 0 Å². The predicted molar refractivity (Wildman–Crippen MR) is 205 cm³/mol. The lowest BCUT2D eigenvalue weighted by Crippen LogP contribution is -2.00. The molecule has 0 aliphatic carbocycles. The normalized spacial score (nSPS) is 12.0. The molecule has 0 saturated heterocycles. The summed E-state index contributed by atoms with van der Waals surface area (Å²) in [5, 5.41) is 7.60. The summed E-state index contributed by atoms with van der Waals surface area (Å²) in [6.45, 7) is 0. The summed E-state index contributed by atoms with van der Waals surface area (Å²) in [6, 6.07) is 57.8. The maximum absolute atomic E-state index is 4.95. The zero-order valence-corrected chi connectivity index (χ0v) is 26.8. The highest BCUT2D eigenvalue weighted by Gasteiger charge is 2.20. The molecule has 50 heavy (non-hydrogen) atoms. The smallest absolute Gasteiger partial charge is 0.164 e. The van der Waals surface area contributed by atoms with E-state index in [9.17, 15) is 0 Å². The SMILES string of the molecule is c1ccc(-c2nc(-c3ccccc3)nc(-c3ccc(-n4c5ccccc5c5cc6c(cc54)c4cccc5c7ccccc7n6c54)cc3)n2)cc1. The second kappa shape index (κ2) is 10.3. The van der Waals surface area contributed by atoms with Gasteiger partial charge in [0.15, 0.2) is 17.5 Å². The van der Waals surface area contributed by atoms with E-state index in [1.807, 2.05) is 60.7 Å². The van der Waals surface area contributed by atoms with Gasteiger partial charge in [-0.3, -0.25) is 0 Å². The summed E-state index contributed by atoms with van der Waals surface area (Å²) >= 11 is 0. The lowest BCUT2D eigenvalue weighted by atomic mass is 10.1. The Bertz CT molecular complexity index is 3010. The third-order valence-corrected chi connectivity index (χ3v) is 10.1. The van der Waals surface area contributed by atoms with Crippen LogP contribution < -0.4 is 0 Å². The molecule has 0 N–H and O–H groups in total. The highest BCUT2D eigenvalue weighted by molar-refractivity contribution is 6.26. The van der Waals surface area contributed by atoms with Crippen molar-refractivity contribution < 1.29 is 0 Å². The molecule has 0 radical (unpaired) electrons. The Morgan fingerprint density at radius 1 is 0.320 bits per heavy atom. The minimum absolute atomic E-state index is 0.645. The van der Waals surface area contributed by atoms with Gasteiger partial charge in [0.2, 0.25) is 0 Å². The summed E-state index contributed by atoms with van der Waals surface area (Å²) in [4.78, 5) is 14.8. The molecular formula is C45H27N5. The van der Waals surface area contributed by atoms with E-state index in [0.29, 0.717) is 17.5 Å². The number of benzene rings is 7. The number of fused-ring (bicyclic) bond motifs is 9. The Hall–Kier alpha value is -6.85. The van der Waals surface area contributed by atoms with Crippen LogP contribution in [0.25, 0.3) is 99.8 Å². The summed E-state index contributed by atoms with van der Waals surface area (Å²) in [5.74, 6) is 1.96. The molecule has 4 heterocycles. The molecule has 0 aliphatic heterocycles. The molecule has 11 aromatic rings. The Kier molecular flexibility index (Phi) is 5.60. The molecule has 4 aromatic heterocycles. The van der Waals surface area contributed by atoms with Crippen LogP contribution in [0.4, 0.5) is 0 Å². The number of aromatic nitrogens is 5. The van der Waals surface area contributed by atoms with E-state index in [1.165, 1.54) is 59.9 Å². The van der Waals surface area contributed by atoms with E-state index >= 15 is 0 Å². The van der Waals surface area contributed by atoms with Crippen LogP contribution in [0.5, 0.6) is 0 Å². The fourth-order valence-corrected chi connectivity index (χ4v) is 7.87. The van der Waals surface area contributed by atoms with Gasteiger partial charge >= 0.3 is 0 Å². The van der Waals surface area contributed by atoms with E-state index in [-0.39, 0.29) is 0 Å². The molecule has 5 nitrogen and oxygen atoms in total. The quantitative estimate of drug-likeness (QED) is 0.193. The average Bonchev–Trinajstić information content (AvgIpc) is 3.82. The maximum Gasteiger partial charge on any atom is 0.164 e. The standard InChI is InChI=1S/C45H27N5/c1-3-12-28(13-4-1)43-46-44(29-14-5-2-6-15-29)48-45(47-43)30-22-24-31(25-23-30)49-38-20-9-8-17-33(38)36-26-41-37(27-40(36)49)35-19-11-18-34-32-16-7-10-21-39(32)50(41)42(34)35/h1-27H. The zero-order valence-electron chi connectivity index (χ0n) is 26.8. The van der Waals surface area contributed by atoms with Crippen molar-refractivity contribution in [3.63, 3.8) is 0 Å². The number of hydrogen-bond donors (Lipinski definition) is 0. The van der Waals surface area contributed by atoms with Gasteiger partial charge in [0.05, 0.1) is 27.6 Å². The molecule has 0 aliphatic rings. The minimum Gasteiger partial charge on any atom is -0.309 e. The molecule has 0 saturated carbocycles. The van der Waals surface area contributed by atoms with Crippen LogP contribution in [0.2, 0.25) is 0 Å². The molecule has 0 amide bonds. The minimum atomic E-state index is 0.645. The van der Waals surface area contributed by atoms with Gasteiger partial charge in [-0.1, -0.05) is 115 Å². The number of nitrogens with zero attached hydrogens (tertiary/aromatic N) is 5. The molecule has 7 aromatic carbocycles. The zero-order chi connectivity index (χ0) is 32.8. The van der Waals surface area contributed by atoms with Crippen LogP contribution in [-0.4, -0.2) is 23.9 Å². The Morgan fingerprint density at radius 2 is 0.780 bits per heavy atom. The molecule has 11 rings (SSSR count). The predicted octanol–water partition coefficient (Wildman–Crippen LogP) is 11.1. The van der Waals surface area contributed by atoms with Gasteiger partial charge in [0.1, 0.15) is 0 Å². The highest BCUT2D eigenvalue weighted by Crippen LogP contribution is 2.42. The summed E-state index contributed by atoms with van der Waals surface area (Å²) in [7, 11) is 0. The topological polar surface area (TPSA) is 48.0 Å². The van der Waals surface area contributed by atoms with Crippen LogP contribution in [0.1, 0.15) is 0 Å². The Morgan fingerprint density at radius 3 is 1.42 bits per heavy atom. The summed E-state index contributed by atoms with van der Waals surface area (Å²) in [5.41, 5.74) is 10.1. The van der Waals surface area contributed by atoms with E-state index < -0.39 is 0 Å². The van der Waals surface area contributed by atoms with Crippen molar-refractivity contribution in [2.45, 2.75) is 0 Å². The van der Waals surface area contributed by atoms with Crippen molar-refractivity contribution in [1.82, 2.24) is 23.9 Å². The molecule has 5 heteroatoms. The summed E-state index contributed by atoms with van der Waals surface area (Å²) in [6.07, 6.45) is 0. The van der Waals surface area contributed by atoms with Crippen LogP contribution in [0.15, 0.2) is 164 Å². The first-order chi connectivity index (χ1) is 24.8. The van der Waals surface area contributed by atoms with E-state index in [1.54, 1.807) is 0 Å². The third kappa shape index (κ3) is 3.86. The third-order valence-electron chi connectivity index (χ3n) is 10.1. The van der Waals surface area contributed by atoms with Crippen molar-refractivity contribution in [3.8, 4) is 39.9 Å². The number of para-hydroxylation sites is 3. The van der Waals surface area contributed by atoms with E-state index in [4.69, 9.17) is 15.0 Å². The van der Waals surface area contributed by atoms with Crippen LogP contribution in [-0.2, 0) is 0 Å². The summed E-state index contributed by atoms with van der Waals surface area (Å²) < 4.78 is 4.84. The van der Waals surface area contributed by atoms with Gasteiger partial charge in [0.25, 0.3) is 0 Å². The fraction of sp³-hybridized carbons (Fsp3) is 0. The highest BCUT2D eigenvalue weighted by atomic mass is 15.0. The van der Waals surface area contributed by atoms with Crippen LogP contribution in [0.3, 0.4) is 0 Å². The van der Waals surface area contributed by atoms with Gasteiger partial charge in [-0.25, -0.2) is 15.0 Å². The van der Waals surface area contributed by atoms with Crippen molar-refractivity contribution in [2.75, 3.05) is 0 Å². The van der Waals surface area contributed by atoms with Crippen molar-refractivity contribution >= 4 is 59.9 Å². The van der Waals surface area contributed by atoms with E-state index in [0.717, 1.165) is 22.4 Å². The molecule has 0 bridgehead atoms. The second-order valence-electron chi connectivity index (χ2n) is 12.9. The van der Waals surface area contributed by atoms with Crippen LogP contribution in [0, 0.1) is 0 Å². The van der Waals surface area contributed by atoms with Gasteiger partial charge in [0, 0.05) is 54.7 Å². The lowest BCUT2D eigenvalue weighted by molar-refractivity contribution is 1.07. The molecule has 0 unspecified atom stereocenters. The molecule has 0 fully saturated rings. The monoisotopic (exact) mass is 637 g/mol. The largest absolute Gasteiger partial charge is 0.309 e. The first kappa shape index (κ1) is 27.1. The van der Waals surface area contributed by atoms with E-state index in [2.05, 4.69) is 112 Å². The fourth-order valence-electron chi connectivity index (χ4n) is 7.87. The maximum atomic E-state index is 4.95. The molecule has 232 valence electrons. The average molecular weight is 638 g/mol. The molecular weight excluding hydrogens is 611 g/mol. The Labute approximate surface area is 286 Å². The van der Waals surface area contributed by atoms with Crippen molar-refractivity contribution in [2.24, 2.45) is 0 Å². The number of hydrogen-bond acceptors (Lipinski definition) is 3. The lowest BCUT2D eigenvalue weighted by Gasteiger charge is -2.11. The first-order valence-corrected chi connectivity index (χ1v) is 16.9. The first-order valence-electron chi connectivity index (χ1n) is 16.9. The van der Waals surface area contributed by atoms with Gasteiger partial charge in [-0.15, -0.1) is 0 Å². The van der Waals surface area contributed by atoms with Crippen molar-refractivity contribution in [1.29, 1.82) is 0 Å². The Balaban J connectivity index is 1.11. The van der Waals surface area contributed by atoms with Gasteiger partial charge in [-0.05, 0) is 48.5 Å². The van der Waals surface area contributed by atoms with Gasteiger partial charge in [-0.2, -0.15) is 0 Å². The number of rotatable bonds is 4. The second-order valence-corrected chi connectivity index (χ2v) is 12.9.